The van der Waals surface area contributed by atoms with E-state index in [9.17, 15) is 0 Å². The number of rotatable bonds is 6. The van der Waals surface area contributed by atoms with Gasteiger partial charge in [-0.2, -0.15) is 5.26 Å². The van der Waals surface area contributed by atoms with Gasteiger partial charge < -0.3 is 9.47 Å². The van der Waals surface area contributed by atoms with E-state index in [1.165, 1.54) is 0 Å². The van der Waals surface area contributed by atoms with E-state index in [1.54, 1.807) is 0 Å². The first-order valence-electron chi connectivity index (χ1n) is 7.76. The van der Waals surface area contributed by atoms with Crippen molar-refractivity contribution >= 4 is 0 Å². The van der Waals surface area contributed by atoms with Crippen molar-refractivity contribution in [3.63, 3.8) is 0 Å². The highest BCUT2D eigenvalue weighted by Gasteiger charge is 2.00. The van der Waals surface area contributed by atoms with Crippen molar-refractivity contribution in [2.75, 3.05) is 13.2 Å². The van der Waals surface area contributed by atoms with Crippen molar-refractivity contribution in [3.8, 4) is 28.7 Å². The molecule has 0 amide bonds. The fourth-order valence-corrected chi connectivity index (χ4v) is 2.32. The molecule has 0 aromatic heterocycles. The van der Waals surface area contributed by atoms with Gasteiger partial charge in [0.05, 0.1) is 11.6 Å². The number of nitriles is 1. The van der Waals surface area contributed by atoms with E-state index >= 15 is 0 Å². The van der Waals surface area contributed by atoms with Crippen molar-refractivity contribution < 1.29 is 9.47 Å². The standard InChI is InChI=1S/C21H17NO2/c22-16-17-6-8-18(9-7-17)19-10-12-21(13-11-19)24-15-14-23-20-4-2-1-3-5-20/h1-13H,14-15H2. The molecule has 3 nitrogen and oxygen atoms in total. The molecule has 118 valence electrons. The molecule has 0 aliphatic heterocycles. The van der Waals surface area contributed by atoms with E-state index in [1.807, 2.05) is 78.9 Å². The fourth-order valence-electron chi connectivity index (χ4n) is 2.32. The summed E-state index contributed by atoms with van der Waals surface area (Å²) in [6, 6.07) is 27.2. The van der Waals surface area contributed by atoms with E-state index < -0.39 is 0 Å². The number of ether oxygens (including phenoxy) is 2. The summed E-state index contributed by atoms with van der Waals surface area (Å²) in [6.07, 6.45) is 0. The third-order valence-corrected chi connectivity index (χ3v) is 3.57. The maximum Gasteiger partial charge on any atom is 0.122 e. The lowest BCUT2D eigenvalue weighted by Crippen LogP contribution is -2.08. The summed E-state index contributed by atoms with van der Waals surface area (Å²) in [6.45, 7) is 0.993. The molecule has 0 saturated carbocycles. The topological polar surface area (TPSA) is 42.2 Å². The first-order chi connectivity index (χ1) is 11.8. The van der Waals surface area contributed by atoms with Crippen LogP contribution >= 0.6 is 0 Å². The normalized spacial score (nSPS) is 9.96. The van der Waals surface area contributed by atoms with Crippen LogP contribution in [0.5, 0.6) is 11.5 Å². The highest BCUT2D eigenvalue weighted by Crippen LogP contribution is 2.22. The van der Waals surface area contributed by atoms with Gasteiger partial charge in [-0.3, -0.25) is 0 Å². The van der Waals surface area contributed by atoms with Crippen LogP contribution < -0.4 is 9.47 Å². The van der Waals surface area contributed by atoms with Gasteiger partial charge in [-0.05, 0) is 47.5 Å². The predicted octanol–water partition coefficient (Wildman–Crippen LogP) is 4.68. The predicted molar refractivity (Wildman–Crippen MR) is 94.0 cm³/mol. The summed E-state index contributed by atoms with van der Waals surface area (Å²) in [5.74, 6) is 1.65. The fraction of sp³-hybridized carbons (Fsp3) is 0.0952. The van der Waals surface area contributed by atoms with Crippen LogP contribution in [0.1, 0.15) is 5.56 Å². The molecule has 0 aliphatic carbocycles. The zero-order valence-electron chi connectivity index (χ0n) is 13.2. The molecule has 0 bridgehead atoms. The van der Waals surface area contributed by atoms with E-state index in [2.05, 4.69) is 6.07 Å². The molecule has 3 heteroatoms. The molecular weight excluding hydrogens is 298 g/mol. The monoisotopic (exact) mass is 315 g/mol. The third-order valence-electron chi connectivity index (χ3n) is 3.57. The molecule has 0 radical (unpaired) electrons. The Bertz CT molecular complexity index is 803. The van der Waals surface area contributed by atoms with Gasteiger partial charge in [0.25, 0.3) is 0 Å². The second-order valence-electron chi connectivity index (χ2n) is 5.22. The van der Waals surface area contributed by atoms with E-state index in [0.717, 1.165) is 22.6 Å². The average Bonchev–Trinajstić information content (AvgIpc) is 2.67. The maximum absolute atomic E-state index is 8.83. The lowest BCUT2D eigenvalue weighted by Gasteiger charge is -2.09. The van der Waals surface area contributed by atoms with Crippen LogP contribution in [0.3, 0.4) is 0 Å². The van der Waals surface area contributed by atoms with Crippen LogP contribution in [0.2, 0.25) is 0 Å². The Morgan fingerprint density at radius 2 is 1.12 bits per heavy atom. The van der Waals surface area contributed by atoms with Gasteiger partial charge in [-0.1, -0.05) is 42.5 Å². The molecule has 3 rings (SSSR count). The largest absolute Gasteiger partial charge is 0.490 e. The lowest BCUT2D eigenvalue weighted by molar-refractivity contribution is 0.217. The molecule has 24 heavy (non-hydrogen) atoms. The van der Waals surface area contributed by atoms with Crippen LogP contribution in [-0.2, 0) is 0 Å². The quantitative estimate of drug-likeness (QED) is 0.620. The zero-order valence-corrected chi connectivity index (χ0v) is 13.2. The van der Waals surface area contributed by atoms with Gasteiger partial charge in [0.15, 0.2) is 0 Å². The minimum atomic E-state index is 0.491. The molecule has 0 fully saturated rings. The minimum Gasteiger partial charge on any atom is -0.490 e. The molecule has 0 spiro atoms. The Morgan fingerprint density at radius 1 is 0.625 bits per heavy atom. The number of para-hydroxylation sites is 1. The van der Waals surface area contributed by atoms with Gasteiger partial charge in [-0.25, -0.2) is 0 Å². The zero-order chi connectivity index (χ0) is 16.6. The molecule has 0 unspecified atom stereocenters. The first kappa shape index (κ1) is 15.6. The average molecular weight is 315 g/mol. The van der Waals surface area contributed by atoms with Crippen molar-refractivity contribution in [2.24, 2.45) is 0 Å². The summed E-state index contributed by atoms with van der Waals surface area (Å²) in [7, 11) is 0. The molecule has 3 aromatic carbocycles. The van der Waals surface area contributed by atoms with E-state index in [4.69, 9.17) is 14.7 Å². The maximum atomic E-state index is 8.83. The summed E-state index contributed by atoms with van der Waals surface area (Å²) < 4.78 is 11.3. The van der Waals surface area contributed by atoms with E-state index in [-0.39, 0.29) is 0 Å². The summed E-state index contributed by atoms with van der Waals surface area (Å²) in [4.78, 5) is 0. The molecule has 3 aromatic rings. The number of hydrogen-bond acceptors (Lipinski definition) is 3. The Morgan fingerprint density at radius 3 is 1.67 bits per heavy atom. The smallest absolute Gasteiger partial charge is 0.122 e. The third kappa shape index (κ3) is 4.15. The second kappa shape index (κ2) is 7.85. The number of nitrogens with zero attached hydrogens (tertiary/aromatic N) is 1. The van der Waals surface area contributed by atoms with Crippen molar-refractivity contribution in [1.82, 2.24) is 0 Å². The molecule has 0 atom stereocenters. The van der Waals surface area contributed by atoms with Crippen molar-refractivity contribution in [2.45, 2.75) is 0 Å². The highest BCUT2D eigenvalue weighted by molar-refractivity contribution is 5.64. The number of hydrogen-bond donors (Lipinski definition) is 0. The molecular formula is C21H17NO2. The Balaban J connectivity index is 1.52. The van der Waals surface area contributed by atoms with Crippen LogP contribution in [-0.4, -0.2) is 13.2 Å². The Labute approximate surface area is 141 Å². The van der Waals surface area contributed by atoms with Gasteiger partial charge >= 0.3 is 0 Å². The summed E-state index contributed by atoms with van der Waals surface area (Å²) in [5, 5.41) is 8.83. The molecule has 0 saturated heterocycles. The van der Waals surface area contributed by atoms with Gasteiger partial charge in [0, 0.05) is 0 Å². The minimum absolute atomic E-state index is 0.491. The van der Waals surface area contributed by atoms with Gasteiger partial charge in [-0.15, -0.1) is 0 Å². The molecule has 0 aliphatic rings. The van der Waals surface area contributed by atoms with Crippen LogP contribution in [0.15, 0.2) is 78.9 Å². The van der Waals surface area contributed by atoms with E-state index in [0.29, 0.717) is 18.8 Å². The van der Waals surface area contributed by atoms with Crippen LogP contribution in [0, 0.1) is 11.3 Å². The Hall–Kier alpha value is -3.25. The van der Waals surface area contributed by atoms with Crippen molar-refractivity contribution in [1.29, 1.82) is 5.26 Å². The molecule has 0 N–H and O–H groups in total. The summed E-state index contributed by atoms with van der Waals surface area (Å²) in [5.41, 5.74) is 2.83. The summed E-state index contributed by atoms with van der Waals surface area (Å²) >= 11 is 0. The second-order valence-corrected chi connectivity index (χ2v) is 5.22. The first-order valence-corrected chi connectivity index (χ1v) is 7.76. The van der Waals surface area contributed by atoms with Gasteiger partial charge in [0.1, 0.15) is 24.7 Å². The Kier molecular flexibility index (Phi) is 5.11. The van der Waals surface area contributed by atoms with Gasteiger partial charge in [0.2, 0.25) is 0 Å². The van der Waals surface area contributed by atoms with Crippen LogP contribution in [0.4, 0.5) is 0 Å². The highest BCUT2D eigenvalue weighted by atomic mass is 16.5. The lowest BCUT2D eigenvalue weighted by atomic mass is 10.0. The van der Waals surface area contributed by atoms with Crippen LogP contribution in [0.25, 0.3) is 11.1 Å². The number of benzene rings is 3. The molecule has 0 heterocycles. The van der Waals surface area contributed by atoms with Crippen molar-refractivity contribution in [3.05, 3.63) is 84.4 Å². The SMILES string of the molecule is N#Cc1ccc(-c2ccc(OCCOc3ccccc3)cc2)cc1.